The van der Waals surface area contributed by atoms with Crippen molar-refractivity contribution in [3.63, 3.8) is 0 Å². The van der Waals surface area contributed by atoms with E-state index in [1.54, 1.807) is 0 Å². The summed E-state index contributed by atoms with van der Waals surface area (Å²) in [6.45, 7) is 4.00. The molecule has 0 radical (unpaired) electrons. The molecule has 1 aromatic heterocycles. The van der Waals surface area contributed by atoms with Crippen LogP contribution in [0.25, 0.3) is 10.2 Å². The van der Waals surface area contributed by atoms with Crippen LogP contribution in [-0.4, -0.2) is 18.0 Å². The number of carbonyl (C=O) groups is 1. The van der Waals surface area contributed by atoms with Gasteiger partial charge in [-0.3, -0.25) is 10.1 Å². The fourth-order valence-corrected chi connectivity index (χ4v) is 3.61. The van der Waals surface area contributed by atoms with Crippen LogP contribution in [0.1, 0.15) is 40.9 Å². The Kier molecular flexibility index (Phi) is 7.75. The smallest absolute Gasteiger partial charge is 0.419 e. The van der Waals surface area contributed by atoms with Gasteiger partial charge in [-0.25, -0.2) is 4.98 Å². The van der Waals surface area contributed by atoms with Crippen LogP contribution in [0, 0.1) is 0 Å². The lowest BCUT2D eigenvalue weighted by molar-refractivity contribution is -0.144. The van der Waals surface area contributed by atoms with E-state index in [1.807, 2.05) is 19.2 Å². The normalized spacial score (nSPS) is 12.2. The van der Waals surface area contributed by atoms with Crippen LogP contribution < -0.4 is 10.1 Å². The van der Waals surface area contributed by atoms with E-state index in [0.29, 0.717) is 11.3 Å². The van der Waals surface area contributed by atoms with Crippen molar-refractivity contribution >= 4 is 32.6 Å². The number of hydrogen-bond donors (Lipinski definition) is 1. The second-order valence-electron chi connectivity index (χ2n) is 6.25. The van der Waals surface area contributed by atoms with Gasteiger partial charge in [-0.1, -0.05) is 25.2 Å². The van der Waals surface area contributed by atoms with Gasteiger partial charge in [0.15, 0.2) is 5.13 Å². The maximum absolute atomic E-state index is 13.4. The fraction of sp³-hybridized carbons (Fsp3) is 0.300. The highest BCUT2D eigenvalue weighted by molar-refractivity contribution is 7.22. The lowest BCUT2D eigenvalue weighted by Crippen LogP contribution is -2.21. The summed E-state index contributed by atoms with van der Waals surface area (Å²) in [4.78, 5) is 16.3. The first kappa shape index (κ1) is 27.2. The van der Waals surface area contributed by atoms with E-state index in [2.05, 4.69) is 9.72 Å². The molecule has 1 N–H and O–H groups in total. The van der Waals surface area contributed by atoms with Gasteiger partial charge >= 0.3 is 18.5 Å². The zero-order chi connectivity index (χ0) is 26.1. The summed E-state index contributed by atoms with van der Waals surface area (Å²) in [5.41, 5.74) is -5.76. The number of benzene rings is 2. The lowest BCUT2D eigenvalue weighted by atomic mass is 10.0. The molecule has 0 aliphatic carbocycles. The Morgan fingerprint density at radius 1 is 0.882 bits per heavy atom. The number of thiazole rings is 1. The third-order valence-electron chi connectivity index (χ3n) is 4.13. The van der Waals surface area contributed by atoms with Crippen molar-refractivity contribution < 1.29 is 49.0 Å². The molecule has 3 aromatic rings. The predicted molar refractivity (Wildman–Crippen MR) is 107 cm³/mol. The van der Waals surface area contributed by atoms with Crippen LogP contribution in [0.5, 0.6) is 5.75 Å². The number of halogens is 9. The highest BCUT2D eigenvalue weighted by atomic mass is 32.1. The molecule has 0 aliphatic rings. The Hall–Kier alpha value is -3.03. The van der Waals surface area contributed by atoms with Crippen molar-refractivity contribution in [2.45, 2.75) is 32.4 Å². The van der Waals surface area contributed by atoms with Crippen molar-refractivity contribution in [1.29, 1.82) is 0 Å². The molecule has 2 aromatic carbocycles. The summed E-state index contributed by atoms with van der Waals surface area (Å²) in [6, 6.07) is 2.52. The van der Waals surface area contributed by atoms with Gasteiger partial charge in [0.1, 0.15) is 5.75 Å². The number of carbonyl (C=O) groups excluding carboxylic acids is 1. The molecule has 0 spiro atoms. The summed E-state index contributed by atoms with van der Waals surface area (Å²) in [5, 5.41) is 1.63. The van der Waals surface area contributed by atoms with Gasteiger partial charge in [0, 0.05) is 0 Å². The van der Waals surface area contributed by atoms with E-state index >= 15 is 0 Å². The van der Waals surface area contributed by atoms with Crippen LogP contribution in [0.15, 0.2) is 30.3 Å². The molecule has 34 heavy (non-hydrogen) atoms. The summed E-state index contributed by atoms with van der Waals surface area (Å²) in [5.74, 6) is -2.49. The van der Waals surface area contributed by atoms with Crippen LogP contribution in [0.3, 0.4) is 0 Å². The maximum atomic E-state index is 13.4. The Labute approximate surface area is 190 Å². The molecule has 0 bridgehead atoms. The van der Waals surface area contributed by atoms with E-state index < -0.39 is 52.4 Å². The Bertz CT molecular complexity index is 1180. The quantitative estimate of drug-likeness (QED) is 0.363. The second kappa shape index (κ2) is 9.68. The molecular weight excluding hydrogens is 503 g/mol. The van der Waals surface area contributed by atoms with Crippen LogP contribution in [0.2, 0.25) is 0 Å². The van der Waals surface area contributed by atoms with Gasteiger partial charge in [0.25, 0.3) is 5.91 Å². The van der Waals surface area contributed by atoms with Crippen LogP contribution >= 0.6 is 11.3 Å². The summed E-state index contributed by atoms with van der Waals surface area (Å²) in [7, 11) is 0.783. The fourth-order valence-electron chi connectivity index (χ4n) is 2.71. The van der Waals surface area contributed by atoms with E-state index in [1.165, 1.54) is 0 Å². The Balaban J connectivity index is 0.00000199. The molecule has 0 atom stereocenters. The largest absolute Gasteiger partial charge is 0.496 e. The maximum Gasteiger partial charge on any atom is 0.419 e. The number of anilines is 1. The molecule has 0 saturated heterocycles. The molecule has 1 amide bonds. The third kappa shape index (κ3) is 5.90. The highest BCUT2D eigenvalue weighted by Crippen LogP contribution is 2.42. The third-order valence-corrected chi connectivity index (χ3v) is 5.06. The first-order valence-corrected chi connectivity index (χ1v) is 10.1. The number of fused-ring (bicyclic) bond motifs is 1. The number of nitrogens with one attached hydrogen (secondary N) is 1. The summed E-state index contributed by atoms with van der Waals surface area (Å²) >= 11 is 0.546. The monoisotopic (exact) mass is 518 g/mol. The minimum absolute atomic E-state index is 0.0174. The second-order valence-corrected chi connectivity index (χ2v) is 7.28. The van der Waals surface area contributed by atoms with E-state index in [4.69, 9.17) is 0 Å². The number of aromatic nitrogens is 1. The lowest BCUT2D eigenvalue weighted by Gasteiger charge is -2.18. The van der Waals surface area contributed by atoms with Crippen LogP contribution in [-0.2, 0) is 18.5 Å². The number of hydrogen-bond acceptors (Lipinski definition) is 4. The topological polar surface area (TPSA) is 51.2 Å². The Morgan fingerprint density at radius 2 is 1.47 bits per heavy atom. The minimum Gasteiger partial charge on any atom is -0.496 e. The van der Waals surface area contributed by atoms with Gasteiger partial charge < -0.3 is 4.74 Å². The molecule has 0 unspecified atom stereocenters. The zero-order valence-corrected chi connectivity index (χ0v) is 18.3. The highest BCUT2D eigenvalue weighted by Gasteiger charge is 2.42. The number of alkyl halides is 9. The van der Waals surface area contributed by atoms with Crippen molar-refractivity contribution in [2.24, 2.45) is 0 Å². The van der Waals surface area contributed by atoms with Gasteiger partial charge in [-0.2, -0.15) is 39.5 Å². The zero-order valence-electron chi connectivity index (χ0n) is 17.5. The number of amides is 1. The first-order chi connectivity index (χ1) is 15.6. The number of rotatable bonds is 3. The molecule has 1 heterocycles. The van der Waals surface area contributed by atoms with Crippen molar-refractivity contribution in [2.75, 3.05) is 12.4 Å². The van der Waals surface area contributed by atoms with Crippen molar-refractivity contribution in [3.05, 3.63) is 52.6 Å². The number of methoxy groups -OCH3 is 1. The average molecular weight is 518 g/mol. The van der Waals surface area contributed by atoms with E-state index in [-0.39, 0.29) is 27.5 Å². The molecule has 186 valence electrons. The Morgan fingerprint density at radius 3 is 1.97 bits per heavy atom. The van der Waals surface area contributed by atoms with Gasteiger partial charge in [0.05, 0.1) is 39.6 Å². The molecule has 0 saturated carbocycles. The number of ether oxygens (including phenoxy) is 1. The van der Waals surface area contributed by atoms with Crippen LogP contribution in [0.4, 0.5) is 44.6 Å². The standard InChI is InChI=1S/C18H9F9N2O2S.C2H6/c1-31-12-5-8(9(17(22,23)24)6-10(12)18(25,26)27)14(30)29-15-28-11-3-2-7(16(19,20)21)4-13(11)32-15;1-2/h2-6H,1H3,(H,28,29,30);1-2H3. The molecule has 14 heteroatoms. The molecule has 0 aliphatic heterocycles. The summed E-state index contributed by atoms with van der Waals surface area (Å²) < 4.78 is 122. The average Bonchev–Trinajstić information content (AvgIpc) is 3.13. The van der Waals surface area contributed by atoms with Gasteiger partial charge in [-0.15, -0.1) is 0 Å². The molecule has 0 fully saturated rings. The van der Waals surface area contributed by atoms with Crippen molar-refractivity contribution in [1.82, 2.24) is 4.98 Å². The molecule has 4 nitrogen and oxygen atoms in total. The molecular formula is C20H15F9N2O2S. The van der Waals surface area contributed by atoms with Gasteiger partial charge in [-0.05, 0) is 30.3 Å². The minimum atomic E-state index is -5.33. The van der Waals surface area contributed by atoms with E-state index in [9.17, 15) is 44.3 Å². The summed E-state index contributed by atoms with van der Waals surface area (Å²) in [6.07, 6.45) is -15.2. The van der Waals surface area contributed by atoms with Gasteiger partial charge in [0.2, 0.25) is 0 Å². The SMILES string of the molecule is CC.COc1cc(C(=O)Nc2nc3ccc(C(F)(F)F)cc3s2)c(C(F)(F)F)cc1C(F)(F)F. The predicted octanol–water partition coefficient (Wildman–Crippen LogP) is 7.64. The number of nitrogens with zero attached hydrogens (tertiary/aromatic N) is 1. The first-order valence-electron chi connectivity index (χ1n) is 9.27. The van der Waals surface area contributed by atoms with Crippen molar-refractivity contribution in [3.8, 4) is 5.75 Å². The molecule has 3 rings (SSSR count). The van der Waals surface area contributed by atoms with E-state index in [0.717, 1.165) is 25.3 Å².